The Morgan fingerprint density at radius 3 is 2.21 bits per heavy atom. The molecule has 0 spiro atoms. The van der Waals surface area contributed by atoms with Crippen LogP contribution in [0, 0.1) is 5.92 Å². The minimum atomic E-state index is -0.00778. The van der Waals surface area contributed by atoms with E-state index >= 15 is 0 Å². The van der Waals surface area contributed by atoms with Crippen molar-refractivity contribution in [1.82, 2.24) is 10.2 Å². The van der Waals surface area contributed by atoms with Gasteiger partial charge in [-0.25, -0.2) is 0 Å². The van der Waals surface area contributed by atoms with Gasteiger partial charge in [-0.3, -0.25) is 4.79 Å². The molecule has 1 fully saturated rings. The first-order chi connectivity index (χ1) is 13.6. The molecule has 1 N–H and O–H groups in total. The summed E-state index contributed by atoms with van der Waals surface area (Å²) in [5.41, 5.74) is 2.47. The zero-order valence-corrected chi connectivity index (χ0v) is 17.0. The van der Waals surface area contributed by atoms with Crippen LogP contribution in [-0.4, -0.2) is 37.6 Å². The maximum atomic E-state index is 12.2. The van der Waals surface area contributed by atoms with E-state index in [-0.39, 0.29) is 18.6 Å². The molecule has 4 nitrogen and oxygen atoms in total. The van der Waals surface area contributed by atoms with Gasteiger partial charge in [0, 0.05) is 12.1 Å². The molecule has 2 aromatic carbocycles. The predicted octanol–water partition coefficient (Wildman–Crippen LogP) is 4.18. The van der Waals surface area contributed by atoms with Gasteiger partial charge in [0.2, 0.25) is 5.91 Å². The van der Waals surface area contributed by atoms with Crippen molar-refractivity contribution in [2.75, 3.05) is 20.7 Å². The van der Waals surface area contributed by atoms with Crippen molar-refractivity contribution in [2.45, 2.75) is 44.4 Å². The van der Waals surface area contributed by atoms with Crippen LogP contribution in [0.5, 0.6) is 0 Å². The number of nitrogens with zero attached hydrogens (tertiary/aromatic N) is 1. The highest BCUT2D eigenvalue weighted by molar-refractivity contribution is 5.77. The van der Waals surface area contributed by atoms with Crippen LogP contribution in [0.2, 0.25) is 0 Å². The highest BCUT2D eigenvalue weighted by atomic mass is 16.5. The Balaban J connectivity index is 1.42. The van der Waals surface area contributed by atoms with Gasteiger partial charge in [-0.1, -0.05) is 60.7 Å². The summed E-state index contributed by atoms with van der Waals surface area (Å²) in [4.78, 5) is 14.5. The van der Waals surface area contributed by atoms with Crippen LogP contribution in [0.15, 0.2) is 60.7 Å². The maximum absolute atomic E-state index is 12.2. The Morgan fingerprint density at radius 1 is 1.00 bits per heavy atom. The molecule has 1 unspecified atom stereocenters. The minimum absolute atomic E-state index is 0.00778. The Hall–Kier alpha value is -2.17. The molecular formula is C24H32N2O2. The van der Waals surface area contributed by atoms with Gasteiger partial charge in [0.05, 0.1) is 6.61 Å². The molecule has 1 amide bonds. The van der Waals surface area contributed by atoms with Gasteiger partial charge in [-0.15, -0.1) is 0 Å². The Bertz CT molecular complexity index is 710. The minimum Gasteiger partial charge on any atom is -0.367 e. The number of ether oxygens (including phenoxy) is 1. The van der Waals surface area contributed by atoms with Crippen LogP contribution < -0.4 is 5.32 Å². The van der Waals surface area contributed by atoms with Crippen molar-refractivity contribution in [3.63, 3.8) is 0 Å². The van der Waals surface area contributed by atoms with Gasteiger partial charge >= 0.3 is 0 Å². The molecular weight excluding hydrogens is 348 g/mol. The van der Waals surface area contributed by atoms with E-state index in [0.717, 1.165) is 31.2 Å². The third kappa shape index (κ3) is 5.91. The maximum Gasteiger partial charge on any atom is 0.246 e. The second-order valence-electron chi connectivity index (χ2n) is 7.98. The smallest absolute Gasteiger partial charge is 0.246 e. The first kappa shape index (κ1) is 20.6. The molecule has 4 heteroatoms. The lowest BCUT2D eigenvalue weighted by Crippen LogP contribution is -2.41. The van der Waals surface area contributed by atoms with Crippen molar-refractivity contribution >= 4 is 5.91 Å². The van der Waals surface area contributed by atoms with Gasteiger partial charge in [-0.2, -0.15) is 0 Å². The number of amides is 1. The van der Waals surface area contributed by atoms with E-state index in [1.165, 1.54) is 5.56 Å². The average molecular weight is 381 g/mol. The first-order valence-electron chi connectivity index (χ1n) is 10.3. The fourth-order valence-electron chi connectivity index (χ4n) is 4.33. The number of carbonyl (C=O) groups is 1. The third-order valence-electron chi connectivity index (χ3n) is 5.63. The second-order valence-corrected chi connectivity index (χ2v) is 7.98. The lowest BCUT2D eigenvalue weighted by Gasteiger charge is -2.37. The summed E-state index contributed by atoms with van der Waals surface area (Å²) in [6, 6.07) is 21.4. The Kier molecular flexibility index (Phi) is 7.63. The van der Waals surface area contributed by atoms with E-state index in [1.54, 1.807) is 0 Å². The molecule has 150 valence electrons. The van der Waals surface area contributed by atoms with Crippen LogP contribution in [-0.2, 0) is 16.1 Å². The van der Waals surface area contributed by atoms with Crippen LogP contribution in [0.3, 0.4) is 0 Å². The lowest BCUT2D eigenvalue weighted by molar-refractivity contribution is -0.127. The molecule has 0 radical (unpaired) electrons. The number of hydrogen-bond acceptors (Lipinski definition) is 3. The van der Waals surface area contributed by atoms with Crippen LogP contribution in [0.25, 0.3) is 0 Å². The van der Waals surface area contributed by atoms with Crippen molar-refractivity contribution in [3.05, 3.63) is 71.8 Å². The fourth-order valence-corrected chi connectivity index (χ4v) is 4.33. The summed E-state index contributed by atoms with van der Waals surface area (Å²) in [7, 11) is 4.32. The molecule has 2 aromatic rings. The summed E-state index contributed by atoms with van der Waals surface area (Å²) in [5.74, 6) is 0.617. The first-order valence-corrected chi connectivity index (χ1v) is 10.3. The van der Waals surface area contributed by atoms with Crippen LogP contribution in [0.1, 0.15) is 42.9 Å². The summed E-state index contributed by atoms with van der Waals surface area (Å²) in [6.07, 6.45) is 4.33. The largest absolute Gasteiger partial charge is 0.367 e. The molecule has 0 aliphatic heterocycles. The SMILES string of the molecule is CN(C)C(c1ccccc1)C1CCC(NC(=O)COCc2ccccc2)CC1. The summed E-state index contributed by atoms with van der Waals surface area (Å²) in [5, 5.41) is 3.16. The van der Waals surface area contributed by atoms with E-state index < -0.39 is 0 Å². The van der Waals surface area contributed by atoms with Crippen molar-refractivity contribution in [1.29, 1.82) is 0 Å². The Labute approximate surface area is 168 Å². The molecule has 3 rings (SSSR count). The van der Waals surface area contributed by atoms with Crippen LogP contribution >= 0.6 is 0 Å². The molecule has 1 aliphatic carbocycles. The van der Waals surface area contributed by atoms with Gasteiger partial charge in [0.1, 0.15) is 6.61 Å². The van der Waals surface area contributed by atoms with E-state index in [1.807, 2.05) is 30.3 Å². The summed E-state index contributed by atoms with van der Waals surface area (Å²) < 4.78 is 5.55. The molecule has 1 saturated carbocycles. The van der Waals surface area contributed by atoms with E-state index in [4.69, 9.17) is 4.74 Å². The highest BCUT2D eigenvalue weighted by Gasteiger charge is 2.30. The molecule has 0 bridgehead atoms. The van der Waals surface area contributed by atoms with Gasteiger partial charge in [0.25, 0.3) is 0 Å². The molecule has 1 aliphatic rings. The summed E-state index contributed by atoms with van der Waals surface area (Å²) in [6.45, 7) is 0.599. The molecule has 0 heterocycles. The van der Waals surface area contributed by atoms with Crippen molar-refractivity contribution < 1.29 is 9.53 Å². The number of rotatable bonds is 8. The van der Waals surface area contributed by atoms with Gasteiger partial charge in [-0.05, 0) is 56.8 Å². The van der Waals surface area contributed by atoms with Gasteiger partial charge in [0.15, 0.2) is 0 Å². The van der Waals surface area contributed by atoms with Crippen molar-refractivity contribution in [2.24, 2.45) is 5.92 Å². The summed E-state index contributed by atoms with van der Waals surface area (Å²) >= 11 is 0. The number of benzene rings is 2. The molecule has 0 saturated heterocycles. The molecule has 0 aromatic heterocycles. The normalized spacial score (nSPS) is 20.7. The lowest BCUT2D eigenvalue weighted by atomic mass is 9.78. The van der Waals surface area contributed by atoms with E-state index in [2.05, 4.69) is 54.6 Å². The highest BCUT2D eigenvalue weighted by Crippen LogP contribution is 2.37. The fraction of sp³-hybridized carbons (Fsp3) is 0.458. The van der Waals surface area contributed by atoms with Crippen molar-refractivity contribution in [3.8, 4) is 0 Å². The zero-order chi connectivity index (χ0) is 19.8. The monoisotopic (exact) mass is 380 g/mol. The second kappa shape index (κ2) is 10.4. The zero-order valence-electron chi connectivity index (χ0n) is 17.0. The Morgan fingerprint density at radius 2 is 1.61 bits per heavy atom. The number of carbonyl (C=O) groups excluding carboxylic acids is 1. The quantitative estimate of drug-likeness (QED) is 0.747. The average Bonchev–Trinajstić information content (AvgIpc) is 2.71. The number of hydrogen-bond donors (Lipinski definition) is 1. The third-order valence-corrected chi connectivity index (χ3v) is 5.63. The van der Waals surface area contributed by atoms with Crippen LogP contribution in [0.4, 0.5) is 0 Å². The molecule has 28 heavy (non-hydrogen) atoms. The van der Waals surface area contributed by atoms with Gasteiger partial charge < -0.3 is 15.0 Å². The standard InChI is InChI=1S/C24H32N2O2/c1-26(2)24(20-11-7-4-8-12-20)21-13-15-22(16-14-21)25-23(27)18-28-17-19-9-5-3-6-10-19/h3-12,21-22,24H,13-18H2,1-2H3,(H,25,27). The molecule has 1 atom stereocenters. The van der Waals surface area contributed by atoms with E-state index in [0.29, 0.717) is 18.6 Å². The predicted molar refractivity (Wildman–Crippen MR) is 113 cm³/mol. The number of nitrogens with one attached hydrogen (secondary N) is 1. The van der Waals surface area contributed by atoms with E-state index in [9.17, 15) is 4.79 Å². The topological polar surface area (TPSA) is 41.6 Å².